The van der Waals surface area contributed by atoms with E-state index in [2.05, 4.69) is 0 Å². The van der Waals surface area contributed by atoms with Gasteiger partial charge in [0.1, 0.15) is 22.8 Å². The first-order valence-corrected chi connectivity index (χ1v) is 13.9. The number of fused-ring (bicyclic) bond motifs is 3. The summed E-state index contributed by atoms with van der Waals surface area (Å²) in [5.74, 6) is -7.71. The summed E-state index contributed by atoms with van der Waals surface area (Å²) in [6.07, 6.45) is 1.48. The molecule has 0 saturated heterocycles. The molecule has 6 N–H and O–H groups in total. The summed E-state index contributed by atoms with van der Waals surface area (Å²) in [5, 5.41) is 45.6. The Kier molecular flexibility index (Phi) is 8.08. The molecule has 1 aromatic rings. The number of aromatic hydroxyl groups is 1. The normalized spacial score (nSPS) is 25.8. The van der Waals surface area contributed by atoms with Gasteiger partial charge in [0.2, 0.25) is 5.78 Å². The van der Waals surface area contributed by atoms with Crippen LogP contribution in [-0.4, -0.2) is 81.1 Å². The first-order valence-electron chi connectivity index (χ1n) is 13.9. The molecule has 0 spiro atoms. The van der Waals surface area contributed by atoms with Gasteiger partial charge in [-0.15, -0.1) is 0 Å². The summed E-state index contributed by atoms with van der Waals surface area (Å²) in [4.78, 5) is 53.3. The second-order valence-corrected chi connectivity index (χ2v) is 11.7. The predicted molar refractivity (Wildman–Crippen MR) is 148 cm³/mol. The second kappa shape index (κ2) is 10.9. The number of unbranched alkanes of at least 4 members (excludes halogenated alkanes) is 1. The summed E-state index contributed by atoms with van der Waals surface area (Å²) >= 11 is 0. The van der Waals surface area contributed by atoms with E-state index >= 15 is 0 Å². The molecule has 222 valence electrons. The highest BCUT2D eigenvalue weighted by Gasteiger charge is 2.64. The molecule has 0 unspecified atom stereocenters. The van der Waals surface area contributed by atoms with Crippen molar-refractivity contribution >= 4 is 29.2 Å². The maximum atomic E-state index is 14.0. The van der Waals surface area contributed by atoms with Crippen molar-refractivity contribution in [2.24, 2.45) is 17.6 Å². The molecule has 1 aromatic carbocycles. The van der Waals surface area contributed by atoms with Gasteiger partial charge in [0, 0.05) is 17.1 Å². The first kappa shape index (κ1) is 30.3. The highest BCUT2D eigenvalue weighted by molar-refractivity contribution is 6.24. The lowest BCUT2D eigenvalue weighted by Crippen LogP contribution is -2.65. The van der Waals surface area contributed by atoms with Gasteiger partial charge in [-0.25, -0.2) is 0 Å². The number of benzene rings is 1. The number of nitrogens with two attached hydrogens (primary N) is 1. The molecule has 11 heteroatoms. The molecule has 0 aliphatic heterocycles. The minimum atomic E-state index is -2.71. The van der Waals surface area contributed by atoms with Crippen LogP contribution in [0, 0.1) is 11.8 Å². The Morgan fingerprint density at radius 3 is 2.41 bits per heavy atom. The number of aliphatic hydroxyl groups is 3. The number of carbonyl (C=O) groups excluding carboxylic acids is 4. The highest BCUT2D eigenvalue weighted by atomic mass is 16.5. The van der Waals surface area contributed by atoms with Gasteiger partial charge < -0.3 is 30.9 Å². The molecule has 0 heterocycles. The molecule has 1 saturated carbocycles. The third-order valence-electron chi connectivity index (χ3n) is 8.55. The number of ketones is 2. The largest absolute Gasteiger partial charge is 0.508 e. The molecule has 4 rings (SSSR count). The standard InChI is InChI=1S/C30H38N2O9/c1-6-7-8-41-19(33)12-15-10-16(13(2)3)17-9-14-11-18-23(32(4)5)26(36)22(29(31)39)28(38)30(18,40)27(37)20(14)25(35)21(17)24(15)34/h10,13-14,18,23,34-35,38,40H,6-9,11-12H2,1-5H3,(H2,31,39)/t14-,18-,23-,30-/m0/s1. The van der Waals surface area contributed by atoms with Crippen LogP contribution < -0.4 is 5.73 Å². The summed E-state index contributed by atoms with van der Waals surface area (Å²) in [6, 6.07) is 0.561. The van der Waals surface area contributed by atoms with E-state index in [1.165, 1.54) is 4.90 Å². The number of hydrogen-bond donors (Lipinski definition) is 5. The van der Waals surface area contributed by atoms with Crippen LogP contribution in [0.1, 0.15) is 68.2 Å². The van der Waals surface area contributed by atoms with Crippen LogP contribution in [0.3, 0.4) is 0 Å². The van der Waals surface area contributed by atoms with E-state index in [-0.39, 0.29) is 54.2 Å². The van der Waals surface area contributed by atoms with Gasteiger partial charge >= 0.3 is 5.97 Å². The van der Waals surface area contributed by atoms with E-state index < -0.39 is 64.0 Å². The van der Waals surface area contributed by atoms with Crippen LogP contribution in [0.2, 0.25) is 0 Å². The summed E-state index contributed by atoms with van der Waals surface area (Å²) in [6.45, 7) is 6.05. The number of aliphatic hydroxyl groups excluding tert-OH is 2. The fourth-order valence-corrected chi connectivity index (χ4v) is 6.59. The third kappa shape index (κ3) is 4.70. The molecule has 3 aliphatic rings. The molecule has 4 atom stereocenters. The Balaban J connectivity index is 1.90. The number of rotatable bonds is 8. The summed E-state index contributed by atoms with van der Waals surface area (Å²) < 4.78 is 5.25. The van der Waals surface area contributed by atoms with Crippen LogP contribution in [-0.2, 0) is 36.8 Å². The Morgan fingerprint density at radius 1 is 1.20 bits per heavy atom. The molecule has 3 aliphatic carbocycles. The van der Waals surface area contributed by atoms with Gasteiger partial charge in [-0.1, -0.05) is 33.3 Å². The van der Waals surface area contributed by atoms with E-state index in [1.807, 2.05) is 20.8 Å². The van der Waals surface area contributed by atoms with Gasteiger partial charge in [0.25, 0.3) is 5.91 Å². The SMILES string of the molecule is CCCCOC(=O)Cc1cc(C(C)C)c2c(c1O)C(O)=C1C(=O)[C@]3(O)C(O)=C(C(N)=O)C(=O)[C@@H](N(C)C)[C@@H]3C[C@@H]1C2. The number of hydrogen-bond acceptors (Lipinski definition) is 10. The lowest BCUT2D eigenvalue weighted by atomic mass is 9.57. The molecular formula is C30H38N2O9. The number of Topliss-reactive ketones (excluding diaryl/α,β-unsaturated/α-hetero) is 2. The fraction of sp³-hybridized carbons (Fsp3) is 0.533. The zero-order valence-corrected chi connectivity index (χ0v) is 24.0. The molecule has 0 aromatic heterocycles. The number of ether oxygens (including phenoxy) is 1. The van der Waals surface area contributed by atoms with Crippen molar-refractivity contribution < 1.29 is 44.3 Å². The van der Waals surface area contributed by atoms with Crippen LogP contribution in [0.15, 0.2) is 23.0 Å². The number of amides is 1. The zero-order chi connectivity index (χ0) is 30.5. The molecule has 0 radical (unpaired) electrons. The third-order valence-corrected chi connectivity index (χ3v) is 8.55. The van der Waals surface area contributed by atoms with Crippen LogP contribution in [0.4, 0.5) is 0 Å². The van der Waals surface area contributed by atoms with Gasteiger partial charge in [-0.2, -0.15) is 0 Å². The average molecular weight is 571 g/mol. The van der Waals surface area contributed by atoms with Crippen LogP contribution in [0.5, 0.6) is 5.75 Å². The molecular weight excluding hydrogens is 532 g/mol. The van der Waals surface area contributed by atoms with Gasteiger partial charge in [0.15, 0.2) is 11.4 Å². The Bertz CT molecular complexity index is 1390. The summed E-state index contributed by atoms with van der Waals surface area (Å²) in [5.41, 5.74) is 3.11. The summed E-state index contributed by atoms with van der Waals surface area (Å²) in [7, 11) is 3.11. The van der Waals surface area contributed by atoms with Crippen molar-refractivity contribution in [3.05, 3.63) is 45.2 Å². The number of primary amides is 1. The highest BCUT2D eigenvalue weighted by Crippen LogP contribution is 2.53. The lowest BCUT2D eigenvalue weighted by molar-refractivity contribution is -0.153. The molecule has 41 heavy (non-hydrogen) atoms. The zero-order valence-electron chi connectivity index (χ0n) is 24.0. The average Bonchev–Trinajstić information content (AvgIpc) is 2.87. The van der Waals surface area contributed by atoms with Gasteiger partial charge in [0.05, 0.1) is 24.6 Å². The Morgan fingerprint density at radius 2 is 1.85 bits per heavy atom. The van der Waals surface area contributed by atoms with Crippen molar-refractivity contribution in [2.45, 2.75) is 70.4 Å². The maximum absolute atomic E-state index is 14.0. The Hall–Kier alpha value is -3.70. The predicted octanol–water partition coefficient (Wildman–Crippen LogP) is 1.97. The van der Waals surface area contributed by atoms with Crippen molar-refractivity contribution in [1.29, 1.82) is 0 Å². The van der Waals surface area contributed by atoms with Crippen LogP contribution >= 0.6 is 0 Å². The molecule has 0 bridgehead atoms. The molecule has 1 fully saturated rings. The van der Waals surface area contributed by atoms with Crippen molar-refractivity contribution in [2.75, 3.05) is 20.7 Å². The van der Waals surface area contributed by atoms with E-state index in [0.29, 0.717) is 12.0 Å². The van der Waals surface area contributed by atoms with Crippen molar-refractivity contribution in [3.63, 3.8) is 0 Å². The van der Waals surface area contributed by atoms with E-state index in [0.717, 1.165) is 12.0 Å². The number of phenolic OH excluding ortho intramolecular Hbond substituents is 1. The fourth-order valence-electron chi connectivity index (χ4n) is 6.59. The van der Waals surface area contributed by atoms with Gasteiger partial charge in [-0.05, 0) is 56.3 Å². The lowest BCUT2D eigenvalue weighted by Gasteiger charge is -2.50. The maximum Gasteiger partial charge on any atom is 0.310 e. The number of carbonyl (C=O) groups is 4. The number of likely N-dealkylation sites (N-methyl/N-ethyl adjacent to an activating group) is 1. The van der Waals surface area contributed by atoms with Gasteiger partial charge in [-0.3, -0.25) is 24.1 Å². The van der Waals surface area contributed by atoms with E-state index in [9.17, 15) is 39.6 Å². The number of phenols is 1. The van der Waals surface area contributed by atoms with Crippen molar-refractivity contribution in [3.8, 4) is 5.75 Å². The topological polar surface area (TPSA) is 188 Å². The number of nitrogens with zero attached hydrogens (tertiary/aromatic N) is 1. The first-order chi connectivity index (χ1) is 19.2. The minimum absolute atomic E-state index is 0.00949. The van der Waals surface area contributed by atoms with E-state index in [4.69, 9.17) is 10.5 Å². The number of esters is 1. The minimum Gasteiger partial charge on any atom is -0.508 e. The molecule has 11 nitrogen and oxygen atoms in total. The monoisotopic (exact) mass is 570 g/mol. The van der Waals surface area contributed by atoms with Crippen LogP contribution in [0.25, 0.3) is 5.76 Å². The van der Waals surface area contributed by atoms with Crippen molar-refractivity contribution in [1.82, 2.24) is 4.90 Å². The quantitative estimate of drug-likeness (QED) is 0.176. The molecule has 1 amide bonds. The van der Waals surface area contributed by atoms with E-state index in [1.54, 1.807) is 20.2 Å². The smallest absolute Gasteiger partial charge is 0.310 e. The Labute approximate surface area is 238 Å². The second-order valence-electron chi connectivity index (χ2n) is 11.7.